The molecule has 2 atom stereocenters. The summed E-state index contributed by atoms with van der Waals surface area (Å²) < 4.78 is 49.8. The molecule has 0 saturated carbocycles. The van der Waals surface area contributed by atoms with Crippen LogP contribution in [0.4, 0.5) is 10.2 Å². The number of nitrogens with two attached hydrogens (primary N) is 1. The monoisotopic (exact) mass is 561 g/mol. The van der Waals surface area contributed by atoms with Crippen molar-refractivity contribution in [1.82, 2.24) is 14.0 Å². The molecule has 9 nitrogen and oxygen atoms in total. The lowest BCUT2D eigenvalue weighted by molar-refractivity contribution is 0.0978. The topological polar surface area (TPSA) is 118 Å². The molecule has 1 aromatic heterocycles. The summed E-state index contributed by atoms with van der Waals surface area (Å²) in [6, 6.07) is 7.32. The summed E-state index contributed by atoms with van der Waals surface area (Å²) in [5, 5.41) is 0. The molecule has 3 N–H and O–H groups in total. The smallest absolute Gasteiger partial charge is 0.304 e. The first-order chi connectivity index (χ1) is 18.2. The number of ether oxygens (including phenoxy) is 1. The van der Waals surface area contributed by atoms with Gasteiger partial charge in [0.05, 0.1) is 17.9 Å². The fraction of sp³-hybridized carbons (Fsp3) is 0.571. The van der Waals surface area contributed by atoms with Crippen LogP contribution in [0.2, 0.25) is 0 Å². The van der Waals surface area contributed by atoms with Gasteiger partial charge in [0.2, 0.25) is 0 Å². The van der Waals surface area contributed by atoms with Crippen LogP contribution < -0.4 is 20.1 Å². The molecule has 214 valence electrons. The van der Waals surface area contributed by atoms with Crippen LogP contribution in [-0.4, -0.2) is 61.4 Å². The van der Waals surface area contributed by atoms with E-state index >= 15 is 0 Å². The zero-order valence-corrected chi connectivity index (χ0v) is 24.2. The van der Waals surface area contributed by atoms with Gasteiger partial charge >= 0.3 is 10.2 Å². The Bertz CT molecular complexity index is 1320. The number of nitrogens with one attached hydrogen (secondary N) is 1. The summed E-state index contributed by atoms with van der Waals surface area (Å²) >= 11 is 0. The van der Waals surface area contributed by atoms with Crippen molar-refractivity contribution in [2.45, 2.75) is 65.5 Å². The van der Waals surface area contributed by atoms with Crippen molar-refractivity contribution in [3.05, 3.63) is 41.7 Å². The standard InChI is InChI=1S/C28H40FN5O4S/c1-18(2)17-38-23-12-20(11-21(29)13-23)25-9-8-24(26(31-25)34-15-19(3)14-28(34,4)5)27(35)32-39(36,37)33-10-6-7-22(30)16-33/h8-9,11-13,18-19,22H,6-7,10,14-17,30H2,1-5H3,(H,32,35)/t19-,22-/m0/s1. The van der Waals surface area contributed by atoms with Gasteiger partial charge in [0, 0.05) is 42.8 Å². The highest BCUT2D eigenvalue weighted by Gasteiger charge is 2.39. The van der Waals surface area contributed by atoms with Crippen molar-refractivity contribution >= 4 is 21.9 Å². The molecule has 1 aromatic carbocycles. The van der Waals surface area contributed by atoms with Gasteiger partial charge in [-0.3, -0.25) is 4.79 Å². The van der Waals surface area contributed by atoms with E-state index in [-0.39, 0.29) is 29.6 Å². The van der Waals surface area contributed by atoms with Gasteiger partial charge in [-0.1, -0.05) is 20.8 Å². The maximum atomic E-state index is 14.5. The fourth-order valence-corrected chi connectivity index (χ4v) is 6.67. The van der Waals surface area contributed by atoms with Crippen molar-refractivity contribution in [3.8, 4) is 17.0 Å². The number of pyridine rings is 1. The molecule has 4 rings (SSSR count). The van der Waals surface area contributed by atoms with Crippen molar-refractivity contribution in [2.75, 3.05) is 31.1 Å². The van der Waals surface area contributed by atoms with Crippen LogP contribution in [0.5, 0.6) is 5.75 Å². The zero-order chi connectivity index (χ0) is 28.5. The van der Waals surface area contributed by atoms with E-state index in [9.17, 15) is 17.6 Å². The lowest BCUT2D eigenvalue weighted by Crippen LogP contribution is -2.51. The number of nitrogens with zero attached hydrogens (tertiary/aromatic N) is 3. The third-order valence-electron chi connectivity index (χ3n) is 7.18. The summed E-state index contributed by atoms with van der Waals surface area (Å²) in [4.78, 5) is 20.3. The van der Waals surface area contributed by atoms with E-state index in [2.05, 4.69) is 25.5 Å². The molecular formula is C28H40FN5O4S. The SMILES string of the molecule is CC(C)COc1cc(F)cc(-c2ccc(C(=O)NS(=O)(=O)N3CCC[C@H](N)C3)c(N3C[C@@H](C)CC3(C)C)n2)c1. The maximum Gasteiger partial charge on any atom is 0.304 e. The predicted octanol–water partition coefficient (Wildman–Crippen LogP) is 3.95. The summed E-state index contributed by atoms with van der Waals surface area (Å²) in [5.41, 5.74) is 6.74. The number of carbonyl (C=O) groups is 1. The Labute approximate surface area is 231 Å². The van der Waals surface area contributed by atoms with E-state index in [4.69, 9.17) is 15.5 Å². The first kappa shape index (κ1) is 29.2. The van der Waals surface area contributed by atoms with E-state index in [1.807, 2.05) is 18.7 Å². The molecule has 11 heteroatoms. The molecule has 0 radical (unpaired) electrons. The summed E-state index contributed by atoms with van der Waals surface area (Å²) in [6.07, 6.45) is 2.24. The molecule has 0 aliphatic carbocycles. The molecule has 0 spiro atoms. The van der Waals surface area contributed by atoms with E-state index in [1.165, 1.54) is 16.4 Å². The first-order valence-electron chi connectivity index (χ1n) is 13.6. The molecule has 2 aliphatic heterocycles. The summed E-state index contributed by atoms with van der Waals surface area (Å²) in [5.74, 6) is 0.139. The van der Waals surface area contributed by atoms with Gasteiger partial charge in [-0.15, -0.1) is 0 Å². The number of piperidine rings is 1. The quantitative estimate of drug-likeness (QED) is 0.501. The number of benzene rings is 1. The average Bonchev–Trinajstić information content (AvgIpc) is 3.13. The van der Waals surface area contributed by atoms with E-state index in [1.54, 1.807) is 18.2 Å². The Kier molecular flexibility index (Phi) is 8.53. The van der Waals surface area contributed by atoms with Crippen LogP contribution in [0, 0.1) is 17.7 Å². The fourth-order valence-electron chi connectivity index (χ4n) is 5.44. The number of hydrogen-bond acceptors (Lipinski definition) is 7. The van der Waals surface area contributed by atoms with Crippen molar-refractivity contribution in [2.24, 2.45) is 17.6 Å². The van der Waals surface area contributed by atoms with Gasteiger partial charge in [-0.2, -0.15) is 12.7 Å². The lowest BCUT2D eigenvalue weighted by Gasteiger charge is -2.34. The molecule has 39 heavy (non-hydrogen) atoms. The predicted molar refractivity (Wildman–Crippen MR) is 150 cm³/mol. The number of aromatic nitrogens is 1. The van der Waals surface area contributed by atoms with Crippen molar-refractivity contribution in [1.29, 1.82) is 0 Å². The Hall–Kier alpha value is -2.76. The Morgan fingerprint density at radius 2 is 2.00 bits per heavy atom. The van der Waals surface area contributed by atoms with Crippen LogP contribution >= 0.6 is 0 Å². The zero-order valence-electron chi connectivity index (χ0n) is 23.4. The normalized spacial score (nSPS) is 21.8. The van der Waals surface area contributed by atoms with Gasteiger partial charge in [0.15, 0.2) is 0 Å². The highest BCUT2D eigenvalue weighted by atomic mass is 32.2. The maximum absolute atomic E-state index is 14.5. The highest BCUT2D eigenvalue weighted by Crippen LogP contribution is 2.38. The third-order valence-corrected chi connectivity index (χ3v) is 8.64. The summed E-state index contributed by atoms with van der Waals surface area (Å²) in [6.45, 7) is 11.8. The van der Waals surface area contributed by atoms with Crippen molar-refractivity contribution in [3.63, 3.8) is 0 Å². The molecule has 0 unspecified atom stereocenters. The minimum absolute atomic E-state index is 0.137. The van der Waals surface area contributed by atoms with Crippen LogP contribution in [-0.2, 0) is 10.2 Å². The van der Waals surface area contributed by atoms with E-state index in [0.717, 1.165) is 12.8 Å². The minimum Gasteiger partial charge on any atom is -0.493 e. The number of rotatable bonds is 8. The van der Waals surface area contributed by atoms with Crippen LogP contribution in [0.3, 0.4) is 0 Å². The molecule has 3 heterocycles. The van der Waals surface area contributed by atoms with Gasteiger partial charge < -0.3 is 15.4 Å². The number of hydrogen-bond donors (Lipinski definition) is 2. The Balaban J connectivity index is 1.72. The first-order valence-corrected chi connectivity index (χ1v) is 15.0. The van der Waals surface area contributed by atoms with Crippen LogP contribution in [0.15, 0.2) is 30.3 Å². The second-order valence-electron chi connectivity index (χ2n) is 11.9. The summed E-state index contributed by atoms with van der Waals surface area (Å²) in [7, 11) is -4.09. The molecule has 1 amide bonds. The van der Waals surface area contributed by atoms with Gasteiger partial charge in [-0.05, 0) is 69.2 Å². The Morgan fingerprint density at radius 1 is 1.26 bits per heavy atom. The molecular weight excluding hydrogens is 521 g/mol. The van der Waals surface area contributed by atoms with Crippen LogP contribution in [0.1, 0.15) is 64.2 Å². The number of halogens is 1. The third kappa shape index (κ3) is 6.88. The average molecular weight is 562 g/mol. The number of amides is 1. The number of carbonyl (C=O) groups excluding carboxylic acids is 1. The van der Waals surface area contributed by atoms with Gasteiger partial charge in [0.1, 0.15) is 17.4 Å². The van der Waals surface area contributed by atoms with E-state index in [0.29, 0.717) is 54.9 Å². The second kappa shape index (κ2) is 11.4. The second-order valence-corrected chi connectivity index (χ2v) is 13.5. The molecule has 2 aromatic rings. The van der Waals surface area contributed by atoms with Gasteiger partial charge in [0.25, 0.3) is 5.91 Å². The molecule has 2 aliphatic rings. The van der Waals surface area contributed by atoms with Gasteiger partial charge in [-0.25, -0.2) is 14.1 Å². The van der Waals surface area contributed by atoms with Crippen LogP contribution in [0.25, 0.3) is 11.3 Å². The number of anilines is 1. The van der Waals surface area contributed by atoms with E-state index < -0.39 is 21.9 Å². The minimum atomic E-state index is -4.09. The van der Waals surface area contributed by atoms with Crippen molar-refractivity contribution < 1.29 is 22.3 Å². The molecule has 2 saturated heterocycles. The molecule has 2 fully saturated rings. The highest BCUT2D eigenvalue weighted by molar-refractivity contribution is 7.87. The largest absolute Gasteiger partial charge is 0.493 e. The Morgan fingerprint density at radius 3 is 2.64 bits per heavy atom. The lowest BCUT2D eigenvalue weighted by atomic mass is 9.97. The molecule has 0 bridgehead atoms.